The number of fused-ring (bicyclic) bond motifs is 4. The molecule has 3 aromatic rings. The normalized spacial score (nSPS) is 19.2. The molecule has 1 fully saturated rings. The summed E-state index contributed by atoms with van der Waals surface area (Å²) >= 11 is 6.01. The number of hydrogen-bond donors (Lipinski definition) is 1. The third-order valence-corrected chi connectivity index (χ3v) is 5.80. The second-order valence-electron chi connectivity index (χ2n) is 7.15. The lowest BCUT2D eigenvalue weighted by molar-refractivity contribution is -0.157. The van der Waals surface area contributed by atoms with Crippen molar-refractivity contribution in [1.82, 2.24) is 14.9 Å². The van der Waals surface area contributed by atoms with Crippen LogP contribution in [0.1, 0.15) is 16.8 Å². The Bertz CT molecular complexity index is 1170. The van der Waals surface area contributed by atoms with Gasteiger partial charge in [-0.15, -0.1) is 0 Å². The number of rotatable bonds is 2. The van der Waals surface area contributed by atoms with Crippen LogP contribution in [0.5, 0.6) is 0 Å². The van der Waals surface area contributed by atoms with E-state index in [-0.39, 0.29) is 28.9 Å². The van der Waals surface area contributed by atoms with Gasteiger partial charge in [-0.25, -0.2) is 9.40 Å². The van der Waals surface area contributed by atoms with Gasteiger partial charge in [0.1, 0.15) is 18.4 Å². The third kappa shape index (κ3) is 2.89. The van der Waals surface area contributed by atoms with E-state index in [1.807, 2.05) is 24.3 Å². The van der Waals surface area contributed by atoms with Crippen LogP contribution in [0.15, 0.2) is 47.6 Å². The van der Waals surface area contributed by atoms with E-state index >= 15 is 0 Å². The highest BCUT2D eigenvalue weighted by molar-refractivity contribution is 6.33. The molecule has 0 saturated carbocycles. The SMILES string of the molecule is O=C1[C@@H]2Cc3c([nH]c4ccccc34)CN2C(=O)CN1/N=C/c1c(F)cccc1Cl. The van der Waals surface area contributed by atoms with E-state index in [2.05, 4.69) is 10.1 Å². The third-order valence-electron chi connectivity index (χ3n) is 5.47. The number of hydrazone groups is 1. The molecule has 29 heavy (non-hydrogen) atoms. The van der Waals surface area contributed by atoms with Crippen molar-refractivity contribution >= 4 is 40.5 Å². The topological polar surface area (TPSA) is 68.8 Å². The number of carbonyl (C=O) groups excluding carboxylic acids is 2. The van der Waals surface area contributed by atoms with Crippen LogP contribution in [0, 0.1) is 5.82 Å². The lowest BCUT2D eigenvalue weighted by atomic mass is 9.94. The summed E-state index contributed by atoms with van der Waals surface area (Å²) in [5.74, 6) is -1.03. The second kappa shape index (κ2) is 6.70. The number of carbonyl (C=O) groups is 2. The molecule has 1 N–H and O–H groups in total. The fourth-order valence-electron chi connectivity index (χ4n) is 4.02. The van der Waals surface area contributed by atoms with Crippen molar-refractivity contribution in [2.45, 2.75) is 19.0 Å². The highest BCUT2D eigenvalue weighted by atomic mass is 35.5. The Kier molecular flexibility index (Phi) is 4.13. The monoisotopic (exact) mass is 410 g/mol. The van der Waals surface area contributed by atoms with Crippen LogP contribution < -0.4 is 0 Å². The first kappa shape index (κ1) is 17.9. The Morgan fingerprint density at radius 3 is 2.79 bits per heavy atom. The molecule has 0 unspecified atom stereocenters. The Morgan fingerprint density at radius 1 is 1.14 bits per heavy atom. The zero-order chi connectivity index (χ0) is 20.1. The van der Waals surface area contributed by atoms with Crippen molar-refractivity contribution in [3.63, 3.8) is 0 Å². The number of halogens is 2. The minimum absolute atomic E-state index is 0.0828. The summed E-state index contributed by atoms with van der Waals surface area (Å²) in [5.41, 5.74) is 3.07. The van der Waals surface area contributed by atoms with Gasteiger partial charge in [-0.2, -0.15) is 5.10 Å². The first-order valence-electron chi connectivity index (χ1n) is 9.20. The summed E-state index contributed by atoms with van der Waals surface area (Å²) in [5, 5.41) is 6.43. The summed E-state index contributed by atoms with van der Waals surface area (Å²) in [4.78, 5) is 30.7. The smallest absolute Gasteiger partial charge is 0.266 e. The van der Waals surface area contributed by atoms with Crippen molar-refractivity contribution in [1.29, 1.82) is 0 Å². The van der Waals surface area contributed by atoms with Gasteiger partial charge in [-0.05, 0) is 23.8 Å². The number of nitrogens with one attached hydrogen (secondary N) is 1. The average Bonchev–Trinajstić information content (AvgIpc) is 3.07. The van der Waals surface area contributed by atoms with Gasteiger partial charge in [0, 0.05) is 28.6 Å². The zero-order valence-electron chi connectivity index (χ0n) is 15.2. The van der Waals surface area contributed by atoms with E-state index < -0.39 is 11.9 Å². The first-order valence-corrected chi connectivity index (χ1v) is 9.58. The van der Waals surface area contributed by atoms with Crippen LogP contribution in [0.3, 0.4) is 0 Å². The Hall–Kier alpha value is -3.19. The van der Waals surface area contributed by atoms with Gasteiger partial charge in [0.15, 0.2) is 0 Å². The predicted octanol–water partition coefficient (Wildman–Crippen LogP) is 3.09. The van der Waals surface area contributed by atoms with Crippen LogP contribution >= 0.6 is 11.6 Å². The summed E-state index contributed by atoms with van der Waals surface area (Å²) < 4.78 is 14.0. The van der Waals surface area contributed by atoms with Gasteiger partial charge in [-0.3, -0.25) is 9.59 Å². The van der Waals surface area contributed by atoms with E-state index in [0.717, 1.165) is 27.2 Å². The first-order chi connectivity index (χ1) is 14.0. The summed E-state index contributed by atoms with van der Waals surface area (Å²) in [6.07, 6.45) is 1.61. The number of amides is 2. The Balaban J connectivity index is 1.46. The van der Waals surface area contributed by atoms with Crippen molar-refractivity contribution in [3.8, 4) is 0 Å². The Morgan fingerprint density at radius 2 is 1.97 bits per heavy atom. The van der Waals surface area contributed by atoms with Crippen LogP contribution in [0.4, 0.5) is 4.39 Å². The quantitative estimate of drug-likeness (QED) is 0.659. The molecule has 3 heterocycles. The minimum Gasteiger partial charge on any atom is -0.357 e. The maximum Gasteiger partial charge on any atom is 0.266 e. The summed E-state index contributed by atoms with van der Waals surface area (Å²) in [6.45, 7) is 0.170. The van der Waals surface area contributed by atoms with Crippen LogP contribution in [-0.2, 0) is 22.6 Å². The molecule has 8 heteroatoms. The number of benzene rings is 2. The maximum atomic E-state index is 14.0. The molecule has 2 aliphatic rings. The van der Waals surface area contributed by atoms with Gasteiger partial charge in [0.05, 0.1) is 17.8 Å². The highest BCUT2D eigenvalue weighted by Gasteiger charge is 2.43. The standard InChI is InChI=1S/C21H16ClFN4O2/c22-15-5-3-6-16(23)14(15)9-24-27-11-20(28)26-10-18-13(8-19(26)21(27)29)12-4-1-2-7-17(12)25-18/h1-7,9,19,25H,8,10-11H2/b24-9+/t19-/m0/s1. The van der Waals surface area contributed by atoms with Gasteiger partial charge < -0.3 is 9.88 Å². The van der Waals surface area contributed by atoms with Crippen LogP contribution in [-0.4, -0.2) is 45.5 Å². The molecular weight excluding hydrogens is 395 g/mol. The van der Waals surface area contributed by atoms with Crippen molar-refractivity contribution < 1.29 is 14.0 Å². The lowest BCUT2D eigenvalue weighted by Gasteiger charge is -2.40. The second-order valence-corrected chi connectivity index (χ2v) is 7.55. The van der Waals surface area contributed by atoms with E-state index in [1.54, 1.807) is 4.90 Å². The number of aromatic nitrogens is 1. The summed E-state index contributed by atoms with van der Waals surface area (Å²) in [6, 6.07) is 11.5. The van der Waals surface area contributed by atoms with E-state index in [1.165, 1.54) is 24.4 Å². The molecule has 2 aliphatic heterocycles. The fraction of sp³-hybridized carbons (Fsp3) is 0.190. The zero-order valence-corrected chi connectivity index (χ0v) is 16.0. The maximum absolute atomic E-state index is 14.0. The van der Waals surface area contributed by atoms with E-state index in [9.17, 15) is 14.0 Å². The molecular formula is C21H16ClFN4O2. The Labute approximate surface area is 170 Å². The van der Waals surface area contributed by atoms with Crippen LogP contribution in [0.2, 0.25) is 5.02 Å². The molecule has 6 nitrogen and oxygen atoms in total. The van der Waals surface area contributed by atoms with Gasteiger partial charge in [0.25, 0.3) is 5.91 Å². The number of piperazine rings is 1. The van der Waals surface area contributed by atoms with Crippen molar-refractivity contribution in [2.24, 2.45) is 5.10 Å². The molecule has 1 saturated heterocycles. The van der Waals surface area contributed by atoms with Crippen molar-refractivity contribution in [3.05, 3.63) is 70.1 Å². The molecule has 1 aromatic heterocycles. The fourth-order valence-corrected chi connectivity index (χ4v) is 4.23. The highest BCUT2D eigenvalue weighted by Crippen LogP contribution is 2.32. The molecule has 2 amide bonds. The number of para-hydroxylation sites is 1. The lowest BCUT2D eigenvalue weighted by Crippen LogP contribution is -2.60. The molecule has 5 rings (SSSR count). The number of H-pyrrole nitrogens is 1. The van der Waals surface area contributed by atoms with Gasteiger partial charge >= 0.3 is 0 Å². The summed E-state index contributed by atoms with van der Waals surface area (Å²) in [7, 11) is 0. The van der Waals surface area contributed by atoms with E-state index in [0.29, 0.717) is 13.0 Å². The number of hydrogen-bond acceptors (Lipinski definition) is 3. The van der Waals surface area contributed by atoms with Gasteiger partial charge in [0.2, 0.25) is 5.91 Å². The molecule has 1 atom stereocenters. The molecule has 0 bridgehead atoms. The number of nitrogens with zero attached hydrogens (tertiary/aromatic N) is 3. The molecule has 0 aliphatic carbocycles. The molecule has 0 radical (unpaired) electrons. The van der Waals surface area contributed by atoms with E-state index in [4.69, 9.17) is 11.6 Å². The predicted molar refractivity (Wildman–Crippen MR) is 107 cm³/mol. The largest absolute Gasteiger partial charge is 0.357 e. The molecule has 0 spiro atoms. The van der Waals surface area contributed by atoms with Gasteiger partial charge in [-0.1, -0.05) is 35.9 Å². The minimum atomic E-state index is -0.629. The van der Waals surface area contributed by atoms with Crippen molar-refractivity contribution in [2.75, 3.05) is 6.54 Å². The number of aromatic amines is 1. The van der Waals surface area contributed by atoms with Crippen LogP contribution in [0.25, 0.3) is 10.9 Å². The molecule has 2 aromatic carbocycles. The molecule has 146 valence electrons. The average molecular weight is 411 g/mol.